The van der Waals surface area contributed by atoms with E-state index in [2.05, 4.69) is 30.5 Å². The van der Waals surface area contributed by atoms with Crippen molar-refractivity contribution >= 4 is 28.4 Å². The molecule has 7 heteroatoms. The quantitative estimate of drug-likeness (QED) is 0.644. The Morgan fingerprint density at radius 3 is 2.71 bits per heavy atom. The minimum atomic E-state index is -0.177. The van der Waals surface area contributed by atoms with E-state index in [9.17, 15) is 4.79 Å². The van der Waals surface area contributed by atoms with Gasteiger partial charge in [-0.05, 0) is 31.9 Å². The summed E-state index contributed by atoms with van der Waals surface area (Å²) in [7, 11) is 0. The lowest BCUT2D eigenvalue weighted by molar-refractivity contribution is 0.0950. The zero-order valence-electron chi connectivity index (χ0n) is 16.0. The number of aryl methyl sites for hydroxylation is 1. The maximum atomic E-state index is 12.3. The molecule has 1 amide bonds. The smallest absolute Gasteiger partial charge is 0.269 e. The molecule has 0 saturated carbocycles. The van der Waals surface area contributed by atoms with E-state index in [0.29, 0.717) is 18.8 Å². The minimum Gasteiger partial charge on any atom is -0.368 e. The summed E-state index contributed by atoms with van der Waals surface area (Å²) in [4.78, 5) is 28.0. The number of amides is 1. The summed E-state index contributed by atoms with van der Waals surface area (Å²) in [6, 6.07) is 13.4. The molecule has 3 aromatic rings. The van der Waals surface area contributed by atoms with Crippen molar-refractivity contribution in [3.05, 3.63) is 54.0 Å². The summed E-state index contributed by atoms with van der Waals surface area (Å²) >= 11 is 0. The highest BCUT2D eigenvalue weighted by Crippen LogP contribution is 2.20. The lowest BCUT2D eigenvalue weighted by Gasteiger charge is -2.17. The van der Waals surface area contributed by atoms with Gasteiger partial charge >= 0.3 is 0 Å². The number of para-hydroxylation sites is 1. The predicted octanol–water partition coefficient (Wildman–Crippen LogP) is 2.78. The number of pyridine rings is 1. The van der Waals surface area contributed by atoms with E-state index >= 15 is 0 Å². The number of nitrogens with one attached hydrogen (secondary N) is 2. The molecule has 3 heterocycles. The number of carbonyl (C=O) groups excluding carboxylic acids is 1. The van der Waals surface area contributed by atoms with Crippen LogP contribution in [-0.4, -0.2) is 47.0 Å². The van der Waals surface area contributed by atoms with Gasteiger partial charge in [0.15, 0.2) is 0 Å². The van der Waals surface area contributed by atoms with E-state index in [1.807, 2.05) is 43.3 Å². The molecule has 7 nitrogen and oxygen atoms in total. The average Bonchev–Trinajstić information content (AvgIpc) is 3.25. The first-order valence-corrected chi connectivity index (χ1v) is 9.67. The molecule has 2 N–H and O–H groups in total. The maximum Gasteiger partial charge on any atom is 0.269 e. The molecular weight excluding hydrogens is 352 g/mol. The third kappa shape index (κ3) is 4.19. The molecule has 0 bridgehead atoms. The van der Waals surface area contributed by atoms with E-state index in [1.54, 1.807) is 6.07 Å². The van der Waals surface area contributed by atoms with Crippen molar-refractivity contribution in [3.63, 3.8) is 0 Å². The number of aromatic nitrogens is 3. The van der Waals surface area contributed by atoms with Crippen LogP contribution in [0.15, 0.2) is 42.5 Å². The average molecular weight is 376 g/mol. The number of nitrogens with zero attached hydrogens (tertiary/aromatic N) is 4. The molecule has 144 valence electrons. The van der Waals surface area contributed by atoms with Gasteiger partial charge in [0, 0.05) is 37.6 Å². The highest BCUT2D eigenvalue weighted by atomic mass is 16.1. The topological polar surface area (TPSA) is 83.0 Å². The zero-order chi connectivity index (χ0) is 19.3. The second-order valence-corrected chi connectivity index (χ2v) is 6.92. The van der Waals surface area contributed by atoms with Crippen LogP contribution in [0.4, 0.5) is 11.6 Å². The van der Waals surface area contributed by atoms with Crippen LogP contribution in [0.1, 0.15) is 29.2 Å². The van der Waals surface area contributed by atoms with Crippen molar-refractivity contribution in [2.45, 2.75) is 19.8 Å². The number of hydrogen-bond donors (Lipinski definition) is 2. The predicted molar refractivity (Wildman–Crippen MR) is 111 cm³/mol. The van der Waals surface area contributed by atoms with Gasteiger partial charge in [-0.25, -0.2) is 15.0 Å². The highest BCUT2D eigenvalue weighted by molar-refractivity contribution is 5.94. The Bertz CT molecular complexity index is 984. The standard InChI is InChI=1S/C21H24N6O/c1-15-24-19(14-20(25-15)27-12-4-5-13-27)22-10-11-23-21(28)18-9-8-16-6-2-3-7-17(16)26-18/h2-3,6-9,14H,4-5,10-13H2,1H3,(H,23,28)(H,22,24,25). The third-order valence-electron chi connectivity index (χ3n) is 4.80. The van der Waals surface area contributed by atoms with Gasteiger partial charge in [-0.3, -0.25) is 4.79 Å². The molecule has 0 radical (unpaired) electrons. The zero-order valence-corrected chi connectivity index (χ0v) is 16.0. The molecule has 0 aliphatic carbocycles. The van der Waals surface area contributed by atoms with Crippen LogP contribution in [0.2, 0.25) is 0 Å². The van der Waals surface area contributed by atoms with Crippen LogP contribution in [0.25, 0.3) is 10.9 Å². The maximum absolute atomic E-state index is 12.3. The van der Waals surface area contributed by atoms with Crippen molar-refractivity contribution in [2.24, 2.45) is 0 Å². The molecule has 0 spiro atoms. The summed E-state index contributed by atoms with van der Waals surface area (Å²) in [5.41, 5.74) is 1.24. The summed E-state index contributed by atoms with van der Waals surface area (Å²) < 4.78 is 0. The first-order chi connectivity index (χ1) is 13.7. The van der Waals surface area contributed by atoms with E-state index < -0.39 is 0 Å². The monoisotopic (exact) mass is 376 g/mol. The SMILES string of the molecule is Cc1nc(NCCNC(=O)c2ccc3ccccc3n2)cc(N2CCCC2)n1. The van der Waals surface area contributed by atoms with E-state index in [4.69, 9.17) is 0 Å². The molecule has 28 heavy (non-hydrogen) atoms. The molecule has 2 aromatic heterocycles. The fourth-order valence-electron chi connectivity index (χ4n) is 3.40. The molecule has 1 fully saturated rings. The van der Waals surface area contributed by atoms with Crippen LogP contribution in [0.5, 0.6) is 0 Å². The minimum absolute atomic E-state index is 0.177. The lowest BCUT2D eigenvalue weighted by Crippen LogP contribution is -2.29. The van der Waals surface area contributed by atoms with Gasteiger partial charge in [-0.1, -0.05) is 24.3 Å². The first kappa shape index (κ1) is 18.2. The van der Waals surface area contributed by atoms with Crippen LogP contribution < -0.4 is 15.5 Å². The van der Waals surface area contributed by atoms with Crippen LogP contribution in [0, 0.1) is 6.92 Å². The Balaban J connectivity index is 1.32. The molecule has 1 aliphatic rings. The van der Waals surface area contributed by atoms with E-state index in [0.717, 1.165) is 41.5 Å². The fraction of sp³-hybridized carbons (Fsp3) is 0.333. The van der Waals surface area contributed by atoms with Gasteiger partial charge in [-0.15, -0.1) is 0 Å². The summed E-state index contributed by atoms with van der Waals surface area (Å²) in [6.45, 7) is 5.05. The van der Waals surface area contributed by atoms with Crippen molar-refractivity contribution in [2.75, 3.05) is 36.4 Å². The van der Waals surface area contributed by atoms with E-state index in [-0.39, 0.29) is 5.91 Å². The van der Waals surface area contributed by atoms with Crippen molar-refractivity contribution in [3.8, 4) is 0 Å². The van der Waals surface area contributed by atoms with Gasteiger partial charge in [0.25, 0.3) is 5.91 Å². The van der Waals surface area contributed by atoms with Crippen LogP contribution >= 0.6 is 0 Å². The second kappa shape index (κ2) is 8.21. The van der Waals surface area contributed by atoms with Crippen LogP contribution in [-0.2, 0) is 0 Å². The Labute approximate surface area is 164 Å². The number of rotatable bonds is 6. The molecule has 4 rings (SSSR count). The number of anilines is 2. The Hall–Kier alpha value is -3.22. The Kier molecular flexibility index (Phi) is 5.32. The van der Waals surface area contributed by atoms with Gasteiger partial charge in [-0.2, -0.15) is 0 Å². The summed E-state index contributed by atoms with van der Waals surface area (Å²) in [5.74, 6) is 2.32. The largest absolute Gasteiger partial charge is 0.368 e. The number of fused-ring (bicyclic) bond motifs is 1. The Morgan fingerprint density at radius 1 is 1.04 bits per heavy atom. The van der Waals surface area contributed by atoms with Crippen molar-refractivity contribution < 1.29 is 4.79 Å². The van der Waals surface area contributed by atoms with E-state index in [1.165, 1.54) is 12.8 Å². The van der Waals surface area contributed by atoms with Crippen molar-refractivity contribution in [1.29, 1.82) is 0 Å². The summed E-state index contributed by atoms with van der Waals surface area (Å²) in [6.07, 6.45) is 2.42. The molecule has 1 aromatic carbocycles. The number of benzene rings is 1. The lowest BCUT2D eigenvalue weighted by atomic mass is 10.2. The molecule has 1 saturated heterocycles. The van der Waals surface area contributed by atoms with Gasteiger partial charge in [0.05, 0.1) is 5.52 Å². The van der Waals surface area contributed by atoms with Crippen LogP contribution in [0.3, 0.4) is 0 Å². The van der Waals surface area contributed by atoms with Gasteiger partial charge in [0.2, 0.25) is 0 Å². The highest BCUT2D eigenvalue weighted by Gasteiger charge is 2.15. The van der Waals surface area contributed by atoms with Gasteiger partial charge < -0.3 is 15.5 Å². The van der Waals surface area contributed by atoms with Crippen molar-refractivity contribution in [1.82, 2.24) is 20.3 Å². The fourth-order valence-corrected chi connectivity index (χ4v) is 3.40. The first-order valence-electron chi connectivity index (χ1n) is 9.67. The molecular formula is C21H24N6O. The molecule has 0 unspecified atom stereocenters. The second-order valence-electron chi connectivity index (χ2n) is 6.92. The van der Waals surface area contributed by atoms with Gasteiger partial charge in [0.1, 0.15) is 23.2 Å². The third-order valence-corrected chi connectivity index (χ3v) is 4.80. The molecule has 0 atom stereocenters. The normalized spacial score (nSPS) is 13.7. The summed E-state index contributed by atoms with van der Waals surface area (Å²) in [5, 5.41) is 7.20. The Morgan fingerprint density at radius 2 is 1.86 bits per heavy atom. The number of hydrogen-bond acceptors (Lipinski definition) is 6. The molecule has 1 aliphatic heterocycles. The number of carbonyl (C=O) groups is 1.